The number of aryl methyl sites for hydroxylation is 2. The second-order valence-electron chi connectivity index (χ2n) is 6.73. The summed E-state index contributed by atoms with van der Waals surface area (Å²) >= 11 is 0. The number of rotatable bonds is 7. The lowest BCUT2D eigenvalue weighted by atomic mass is 10.0. The van der Waals surface area contributed by atoms with Gasteiger partial charge >= 0.3 is 6.03 Å². The zero-order valence-corrected chi connectivity index (χ0v) is 15.5. The molecule has 1 aliphatic heterocycles. The van der Waals surface area contributed by atoms with Gasteiger partial charge in [-0.05, 0) is 43.2 Å². The van der Waals surface area contributed by atoms with Crippen molar-refractivity contribution < 1.29 is 9.59 Å². The maximum atomic E-state index is 12.4. The minimum absolute atomic E-state index is 0.0952. The summed E-state index contributed by atoms with van der Waals surface area (Å²) in [4.78, 5) is 26.0. The summed E-state index contributed by atoms with van der Waals surface area (Å²) in [6, 6.07) is 8.60. The molecule has 0 spiro atoms. The van der Waals surface area contributed by atoms with E-state index in [1.54, 1.807) is 0 Å². The van der Waals surface area contributed by atoms with E-state index in [9.17, 15) is 9.59 Å². The van der Waals surface area contributed by atoms with Crippen LogP contribution in [0, 0.1) is 0 Å². The first-order valence-corrected chi connectivity index (χ1v) is 9.52. The summed E-state index contributed by atoms with van der Waals surface area (Å²) in [6.45, 7) is 6.33. The highest BCUT2D eigenvalue weighted by Crippen LogP contribution is 2.13. The molecule has 1 saturated heterocycles. The van der Waals surface area contributed by atoms with Gasteiger partial charge in [-0.3, -0.25) is 4.79 Å². The van der Waals surface area contributed by atoms with Crippen LogP contribution in [0.25, 0.3) is 0 Å². The van der Waals surface area contributed by atoms with Crippen molar-refractivity contribution in [3.63, 3.8) is 0 Å². The Hall–Kier alpha value is -2.04. The third kappa shape index (κ3) is 6.40. The number of carbonyl (C=O) groups is 2. The number of piperidine rings is 1. The summed E-state index contributed by atoms with van der Waals surface area (Å²) in [6.07, 6.45) is 4.98. The van der Waals surface area contributed by atoms with Crippen molar-refractivity contribution in [1.82, 2.24) is 15.5 Å². The predicted octanol–water partition coefficient (Wildman–Crippen LogP) is 2.88. The van der Waals surface area contributed by atoms with Crippen LogP contribution in [-0.4, -0.2) is 42.5 Å². The summed E-state index contributed by atoms with van der Waals surface area (Å²) in [5.41, 5.74) is 2.54. The van der Waals surface area contributed by atoms with Crippen molar-refractivity contribution in [2.24, 2.45) is 0 Å². The fourth-order valence-electron chi connectivity index (χ4n) is 3.10. The molecular formula is C20H31N3O2. The molecule has 1 aliphatic rings. The Bertz CT molecular complexity index is 549. The second-order valence-corrected chi connectivity index (χ2v) is 6.73. The lowest BCUT2D eigenvalue weighted by molar-refractivity contribution is -0.132. The Balaban J connectivity index is 1.69. The van der Waals surface area contributed by atoms with Crippen molar-refractivity contribution in [2.75, 3.05) is 19.6 Å². The predicted molar refractivity (Wildman–Crippen MR) is 101 cm³/mol. The van der Waals surface area contributed by atoms with Crippen molar-refractivity contribution in [3.8, 4) is 0 Å². The zero-order chi connectivity index (χ0) is 18.1. The first kappa shape index (κ1) is 19.3. The maximum absolute atomic E-state index is 12.4. The number of amides is 3. The van der Waals surface area contributed by atoms with Crippen LogP contribution in [0.1, 0.15) is 50.7 Å². The van der Waals surface area contributed by atoms with Crippen molar-refractivity contribution in [1.29, 1.82) is 0 Å². The molecule has 1 aromatic carbocycles. The summed E-state index contributed by atoms with van der Waals surface area (Å²) < 4.78 is 0. The van der Waals surface area contributed by atoms with E-state index in [2.05, 4.69) is 41.8 Å². The highest BCUT2D eigenvalue weighted by Gasteiger charge is 2.23. The van der Waals surface area contributed by atoms with Crippen LogP contribution in [0.4, 0.5) is 4.79 Å². The van der Waals surface area contributed by atoms with Gasteiger partial charge in [0.15, 0.2) is 0 Å². The smallest absolute Gasteiger partial charge is 0.315 e. The Kier molecular flexibility index (Phi) is 7.76. The lowest BCUT2D eigenvalue weighted by Crippen LogP contribution is -2.49. The van der Waals surface area contributed by atoms with E-state index in [0.717, 1.165) is 45.2 Å². The number of nitrogens with one attached hydrogen (secondary N) is 2. The fourth-order valence-corrected chi connectivity index (χ4v) is 3.10. The molecule has 0 aliphatic carbocycles. The SMILES string of the molecule is CCCNC(=O)NC1CCN(C(=O)CCc2ccc(CC)cc2)CC1. The number of likely N-dealkylation sites (tertiary alicyclic amines) is 1. The van der Waals surface area contributed by atoms with Gasteiger partial charge in [0.25, 0.3) is 0 Å². The molecule has 0 aromatic heterocycles. The molecule has 2 N–H and O–H groups in total. The number of hydrogen-bond donors (Lipinski definition) is 2. The largest absolute Gasteiger partial charge is 0.343 e. The molecule has 5 nitrogen and oxygen atoms in total. The molecule has 2 rings (SSSR count). The highest BCUT2D eigenvalue weighted by atomic mass is 16.2. The molecule has 0 bridgehead atoms. The highest BCUT2D eigenvalue weighted by molar-refractivity contribution is 5.77. The average molecular weight is 345 g/mol. The minimum atomic E-state index is -0.0952. The van der Waals surface area contributed by atoms with Crippen LogP contribution in [-0.2, 0) is 17.6 Å². The minimum Gasteiger partial charge on any atom is -0.343 e. The molecule has 138 valence electrons. The first-order chi connectivity index (χ1) is 12.1. The third-order valence-corrected chi connectivity index (χ3v) is 4.78. The van der Waals surface area contributed by atoms with E-state index in [-0.39, 0.29) is 18.0 Å². The molecule has 25 heavy (non-hydrogen) atoms. The molecule has 5 heteroatoms. The molecule has 3 amide bonds. The van der Waals surface area contributed by atoms with E-state index in [1.807, 2.05) is 11.8 Å². The monoisotopic (exact) mass is 345 g/mol. The number of benzene rings is 1. The lowest BCUT2D eigenvalue weighted by Gasteiger charge is -2.32. The Labute approximate surface area is 151 Å². The topological polar surface area (TPSA) is 61.4 Å². The van der Waals surface area contributed by atoms with Gasteiger partial charge in [0.1, 0.15) is 0 Å². The van der Waals surface area contributed by atoms with Crippen molar-refractivity contribution in [3.05, 3.63) is 35.4 Å². The van der Waals surface area contributed by atoms with Crippen LogP contribution in [0.2, 0.25) is 0 Å². The standard InChI is InChI=1S/C20H31N3O2/c1-3-13-21-20(25)22-18-11-14-23(15-12-18)19(24)10-9-17-7-5-16(4-2)6-8-17/h5-8,18H,3-4,9-15H2,1-2H3,(H2,21,22,25). The van der Waals surface area contributed by atoms with Crippen LogP contribution in [0.5, 0.6) is 0 Å². The first-order valence-electron chi connectivity index (χ1n) is 9.52. The summed E-state index contributed by atoms with van der Waals surface area (Å²) in [7, 11) is 0. The van der Waals surface area contributed by atoms with Crippen molar-refractivity contribution >= 4 is 11.9 Å². The van der Waals surface area contributed by atoms with Crippen molar-refractivity contribution in [2.45, 2.75) is 58.4 Å². The molecule has 0 atom stereocenters. The molecule has 0 radical (unpaired) electrons. The molecule has 1 heterocycles. The number of hydrogen-bond acceptors (Lipinski definition) is 2. The third-order valence-electron chi connectivity index (χ3n) is 4.78. The van der Waals surface area contributed by atoms with Gasteiger partial charge in [-0.2, -0.15) is 0 Å². The molecular weight excluding hydrogens is 314 g/mol. The molecule has 0 saturated carbocycles. The van der Waals surface area contributed by atoms with E-state index in [1.165, 1.54) is 11.1 Å². The van der Waals surface area contributed by atoms with E-state index in [0.29, 0.717) is 13.0 Å². The van der Waals surface area contributed by atoms with Gasteiger partial charge in [-0.1, -0.05) is 38.1 Å². The number of nitrogens with zero attached hydrogens (tertiary/aromatic N) is 1. The van der Waals surface area contributed by atoms with Gasteiger partial charge < -0.3 is 15.5 Å². The van der Waals surface area contributed by atoms with Gasteiger partial charge in [-0.15, -0.1) is 0 Å². The van der Waals surface area contributed by atoms with Crippen LogP contribution < -0.4 is 10.6 Å². The maximum Gasteiger partial charge on any atom is 0.315 e. The molecule has 1 aromatic rings. The summed E-state index contributed by atoms with van der Waals surface area (Å²) in [5, 5.41) is 5.82. The van der Waals surface area contributed by atoms with E-state index < -0.39 is 0 Å². The van der Waals surface area contributed by atoms with Gasteiger partial charge in [0, 0.05) is 32.1 Å². The Morgan fingerprint density at radius 2 is 1.72 bits per heavy atom. The zero-order valence-electron chi connectivity index (χ0n) is 15.5. The van der Waals surface area contributed by atoms with Gasteiger partial charge in [-0.25, -0.2) is 4.79 Å². The average Bonchev–Trinajstić information content (AvgIpc) is 2.65. The van der Waals surface area contributed by atoms with E-state index >= 15 is 0 Å². The van der Waals surface area contributed by atoms with Gasteiger partial charge in [0.05, 0.1) is 0 Å². The number of carbonyl (C=O) groups excluding carboxylic acids is 2. The van der Waals surface area contributed by atoms with Crippen LogP contribution >= 0.6 is 0 Å². The fraction of sp³-hybridized carbons (Fsp3) is 0.600. The van der Waals surface area contributed by atoms with Crippen LogP contribution in [0.15, 0.2) is 24.3 Å². The quantitative estimate of drug-likeness (QED) is 0.798. The molecule has 1 fully saturated rings. The van der Waals surface area contributed by atoms with Crippen LogP contribution in [0.3, 0.4) is 0 Å². The Morgan fingerprint density at radius 3 is 2.32 bits per heavy atom. The number of urea groups is 1. The second kappa shape index (κ2) is 10.1. The molecule has 0 unspecified atom stereocenters. The summed E-state index contributed by atoms with van der Waals surface area (Å²) in [5.74, 6) is 0.216. The Morgan fingerprint density at radius 1 is 1.08 bits per heavy atom. The van der Waals surface area contributed by atoms with E-state index in [4.69, 9.17) is 0 Å². The normalized spacial score (nSPS) is 15.0. The van der Waals surface area contributed by atoms with Gasteiger partial charge in [0.2, 0.25) is 5.91 Å².